The van der Waals surface area contributed by atoms with Gasteiger partial charge in [0.1, 0.15) is 0 Å². The van der Waals surface area contributed by atoms with Crippen LogP contribution in [0.3, 0.4) is 0 Å². The summed E-state index contributed by atoms with van der Waals surface area (Å²) in [6.07, 6.45) is 2.32. The second-order valence-electron chi connectivity index (χ2n) is 4.31. The molecule has 0 radical (unpaired) electrons. The van der Waals surface area contributed by atoms with Crippen molar-refractivity contribution in [2.75, 3.05) is 5.73 Å². The quantitative estimate of drug-likeness (QED) is 0.782. The predicted molar refractivity (Wildman–Crippen MR) is 60.9 cm³/mol. The van der Waals surface area contributed by atoms with Gasteiger partial charge < -0.3 is 10.2 Å². The van der Waals surface area contributed by atoms with Gasteiger partial charge in [0.2, 0.25) is 11.8 Å². The van der Waals surface area contributed by atoms with Crippen molar-refractivity contribution in [3.63, 3.8) is 0 Å². The van der Waals surface area contributed by atoms with Crippen LogP contribution in [0, 0.1) is 6.92 Å². The standard InChI is InChI=1S/C12H13N3O/c1-7-2-5-10(13)9(6-7)12-15-14-11(16-12)8-3-4-8/h2,5-6,8H,3-4,13H2,1H3. The van der Waals surface area contributed by atoms with Crippen LogP contribution in [0.2, 0.25) is 0 Å². The van der Waals surface area contributed by atoms with E-state index in [0.717, 1.165) is 29.9 Å². The van der Waals surface area contributed by atoms with Crippen molar-refractivity contribution < 1.29 is 4.42 Å². The van der Waals surface area contributed by atoms with Crippen LogP contribution in [-0.2, 0) is 0 Å². The Bertz CT molecular complexity index is 529. The number of benzene rings is 1. The van der Waals surface area contributed by atoms with Gasteiger partial charge in [0, 0.05) is 11.6 Å². The molecule has 1 aliphatic carbocycles. The summed E-state index contributed by atoms with van der Waals surface area (Å²) >= 11 is 0. The largest absolute Gasteiger partial charge is 0.420 e. The zero-order chi connectivity index (χ0) is 11.1. The van der Waals surface area contributed by atoms with E-state index in [4.69, 9.17) is 10.2 Å². The second kappa shape index (κ2) is 3.33. The van der Waals surface area contributed by atoms with Crippen LogP contribution in [0.1, 0.15) is 30.2 Å². The molecule has 0 aliphatic heterocycles. The van der Waals surface area contributed by atoms with Crippen LogP contribution in [0.15, 0.2) is 22.6 Å². The fourth-order valence-electron chi connectivity index (χ4n) is 1.69. The van der Waals surface area contributed by atoms with Gasteiger partial charge in [0.15, 0.2) is 0 Å². The van der Waals surface area contributed by atoms with E-state index in [1.165, 1.54) is 0 Å². The molecule has 4 nitrogen and oxygen atoms in total. The molecule has 4 heteroatoms. The van der Waals surface area contributed by atoms with Crippen LogP contribution in [0.25, 0.3) is 11.5 Å². The minimum absolute atomic E-state index is 0.479. The molecule has 2 aromatic rings. The molecule has 0 atom stereocenters. The highest BCUT2D eigenvalue weighted by molar-refractivity contribution is 5.70. The molecule has 1 aliphatic rings. The minimum atomic E-state index is 0.479. The summed E-state index contributed by atoms with van der Waals surface area (Å²) in [4.78, 5) is 0. The normalized spacial score (nSPS) is 15.3. The van der Waals surface area contributed by atoms with Crippen molar-refractivity contribution in [3.05, 3.63) is 29.7 Å². The lowest BCUT2D eigenvalue weighted by molar-refractivity contribution is 0.508. The van der Waals surface area contributed by atoms with E-state index in [1.807, 2.05) is 25.1 Å². The van der Waals surface area contributed by atoms with Crippen LogP contribution in [-0.4, -0.2) is 10.2 Å². The van der Waals surface area contributed by atoms with E-state index in [2.05, 4.69) is 10.2 Å². The van der Waals surface area contributed by atoms with Crippen molar-refractivity contribution in [2.24, 2.45) is 0 Å². The molecule has 0 amide bonds. The highest BCUT2D eigenvalue weighted by Gasteiger charge is 2.29. The molecule has 3 rings (SSSR count). The third kappa shape index (κ3) is 1.56. The molecule has 1 aromatic carbocycles. The lowest BCUT2D eigenvalue weighted by Crippen LogP contribution is -1.90. The third-order valence-corrected chi connectivity index (χ3v) is 2.81. The van der Waals surface area contributed by atoms with Crippen molar-refractivity contribution in [2.45, 2.75) is 25.7 Å². The van der Waals surface area contributed by atoms with E-state index in [0.29, 0.717) is 17.5 Å². The number of nitrogen functional groups attached to an aromatic ring is 1. The summed E-state index contributed by atoms with van der Waals surface area (Å²) < 4.78 is 5.63. The van der Waals surface area contributed by atoms with E-state index in [1.54, 1.807) is 0 Å². The fraction of sp³-hybridized carbons (Fsp3) is 0.333. The van der Waals surface area contributed by atoms with Gasteiger partial charge in [-0.3, -0.25) is 0 Å². The molecule has 0 bridgehead atoms. The Hall–Kier alpha value is -1.84. The molecule has 1 fully saturated rings. The van der Waals surface area contributed by atoms with Gasteiger partial charge in [-0.2, -0.15) is 0 Å². The topological polar surface area (TPSA) is 64.9 Å². The van der Waals surface area contributed by atoms with Crippen LogP contribution in [0.4, 0.5) is 5.69 Å². The first-order valence-corrected chi connectivity index (χ1v) is 5.44. The van der Waals surface area contributed by atoms with E-state index in [9.17, 15) is 0 Å². The highest BCUT2D eigenvalue weighted by atomic mass is 16.4. The summed E-state index contributed by atoms with van der Waals surface area (Å²) in [7, 11) is 0. The predicted octanol–water partition coefficient (Wildman–Crippen LogP) is 2.50. The smallest absolute Gasteiger partial charge is 0.249 e. The van der Waals surface area contributed by atoms with Gasteiger partial charge in [-0.25, -0.2) is 0 Å². The Kier molecular flexibility index (Phi) is 1.96. The second-order valence-corrected chi connectivity index (χ2v) is 4.31. The molecule has 1 saturated carbocycles. The number of aryl methyl sites for hydroxylation is 1. The average molecular weight is 215 g/mol. The summed E-state index contributed by atoms with van der Waals surface area (Å²) in [5, 5.41) is 8.11. The number of anilines is 1. The molecule has 16 heavy (non-hydrogen) atoms. The molecular formula is C12H13N3O. The third-order valence-electron chi connectivity index (χ3n) is 2.81. The maximum Gasteiger partial charge on any atom is 0.249 e. The van der Waals surface area contributed by atoms with Gasteiger partial charge in [-0.1, -0.05) is 11.6 Å². The lowest BCUT2D eigenvalue weighted by atomic mass is 10.1. The lowest BCUT2D eigenvalue weighted by Gasteiger charge is -2.01. The van der Waals surface area contributed by atoms with Gasteiger partial charge in [0.25, 0.3) is 0 Å². The number of hydrogen-bond acceptors (Lipinski definition) is 4. The molecular weight excluding hydrogens is 202 g/mol. The summed E-state index contributed by atoms with van der Waals surface area (Å²) in [5.41, 5.74) is 8.54. The Labute approximate surface area is 93.5 Å². The molecule has 0 spiro atoms. The zero-order valence-electron chi connectivity index (χ0n) is 9.10. The average Bonchev–Trinajstić information content (AvgIpc) is 3.01. The van der Waals surface area contributed by atoms with Gasteiger partial charge in [-0.05, 0) is 31.9 Å². The van der Waals surface area contributed by atoms with E-state index < -0.39 is 0 Å². The van der Waals surface area contributed by atoms with Crippen molar-refractivity contribution >= 4 is 5.69 Å². The van der Waals surface area contributed by atoms with Gasteiger partial charge >= 0.3 is 0 Å². The first kappa shape index (κ1) is 9.39. The molecule has 1 heterocycles. The molecule has 2 N–H and O–H groups in total. The van der Waals surface area contributed by atoms with E-state index in [-0.39, 0.29) is 0 Å². The first-order valence-electron chi connectivity index (χ1n) is 5.44. The number of hydrogen-bond donors (Lipinski definition) is 1. The van der Waals surface area contributed by atoms with Crippen LogP contribution >= 0.6 is 0 Å². The fourth-order valence-corrected chi connectivity index (χ4v) is 1.69. The molecule has 1 aromatic heterocycles. The number of aromatic nitrogens is 2. The molecule has 0 saturated heterocycles. The monoisotopic (exact) mass is 215 g/mol. The number of nitrogens with zero attached hydrogens (tertiary/aromatic N) is 2. The number of rotatable bonds is 2. The van der Waals surface area contributed by atoms with Crippen LogP contribution in [0.5, 0.6) is 0 Å². The van der Waals surface area contributed by atoms with Gasteiger partial charge in [0.05, 0.1) is 5.56 Å². The van der Waals surface area contributed by atoms with Crippen molar-refractivity contribution in [1.29, 1.82) is 0 Å². The summed E-state index contributed by atoms with van der Waals surface area (Å²) in [6.45, 7) is 2.01. The minimum Gasteiger partial charge on any atom is -0.420 e. The molecule has 0 unspecified atom stereocenters. The zero-order valence-corrected chi connectivity index (χ0v) is 9.10. The molecule has 82 valence electrons. The summed E-state index contributed by atoms with van der Waals surface area (Å²) in [5.74, 6) is 1.76. The Morgan fingerprint density at radius 1 is 1.31 bits per heavy atom. The SMILES string of the molecule is Cc1ccc(N)c(-c2nnc(C3CC3)o2)c1. The Morgan fingerprint density at radius 3 is 2.88 bits per heavy atom. The maximum absolute atomic E-state index is 5.89. The van der Waals surface area contributed by atoms with Crippen molar-refractivity contribution in [3.8, 4) is 11.5 Å². The van der Waals surface area contributed by atoms with E-state index >= 15 is 0 Å². The highest BCUT2D eigenvalue weighted by Crippen LogP contribution is 2.40. The maximum atomic E-state index is 5.89. The Morgan fingerprint density at radius 2 is 2.12 bits per heavy atom. The van der Waals surface area contributed by atoms with Crippen LogP contribution < -0.4 is 5.73 Å². The van der Waals surface area contributed by atoms with Crippen molar-refractivity contribution in [1.82, 2.24) is 10.2 Å². The first-order chi connectivity index (χ1) is 7.74. The van der Waals surface area contributed by atoms with Gasteiger partial charge in [-0.15, -0.1) is 10.2 Å². The Balaban J connectivity index is 2.03. The number of nitrogens with two attached hydrogens (primary N) is 1. The summed E-state index contributed by atoms with van der Waals surface area (Å²) in [6, 6.07) is 5.81.